The number of hydrogen-bond donors (Lipinski definition) is 4. The monoisotopic (exact) mass is 484 g/mol. The molecular formula is C27H32N8O. The normalized spacial score (nSPS) is 20.8. The molecule has 2 atom stereocenters. The Balaban J connectivity index is 1.09. The number of nitrogens with zero attached hydrogens (tertiary/aromatic N) is 4. The zero-order valence-corrected chi connectivity index (χ0v) is 20.7. The molecule has 0 amide bonds. The summed E-state index contributed by atoms with van der Waals surface area (Å²) < 4.78 is 5.32. The van der Waals surface area contributed by atoms with E-state index in [-0.39, 0.29) is 0 Å². The highest BCUT2D eigenvalue weighted by molar-refractivity contribution is 5.77. The number of benzene rings is 2. The highest BCUT2D eigenvalue weighted by Crippen LogP contribution is 2.35. The highest BCUT2D eigenvalue weighted by Gasteiger charge is 2.34. The van der Waals surface area contributed by atoms with Gasteiger partial charge in [-0.15, -0.1) is 5.53 Å². The molecule has 1 fully saturated rings. The summed E-state index contributed by atoms with van der Waals surface area (Å²) in [6.07, 6.45) is 4.17. The third-order valence-corrected chi connectivity index (χ3v) is 7.47. The van der Waals surface area contributed by atoms with Crippen LogP contribution < -0.4 is 26.4 Å². The van der Waals surface area contributed by atoms with E-state index in [1.165, 1.54) is 5.56 Å². The number of methoxy groups -OCH3 is 1. The summed E-state index contributed by atoms with van der Waals surface area (Å²) in [5.41, 5.74) is 16.8. The van der Waals surface area contributed by atoms with Crippen LogP contribution >= 0.6 is 0 Å². The molecule has 3 aliphatic heterocycles. The van der Waals surface area contributed by atoms with Crippen molar-refractivity contribution in [3.05, 3.63) is 72.1 Å². The third-order valence-electron chi connectivity index (χ3n) is 7.47. The molecule has 1 saturated heterocycles. The molecule has 9 nitrogen and oxygen atoms in total. The molecule has 0 radical (unpaired) electrons. The molecule has 3 aliphatic rings. The topological polar surface area (TPSA) is 89.6 Å². The van der Waals surface area contributed by atoms with Crippen LogP contribution in [0.5, 0.6) is 5.75 Å². The minimum Gasteiger partial charge on any atom is -0.497 e. The van der Waals surface area contributed by atoms with E-state index in [1.807, 2.05) is 30.5 Å². The van der Waals surface area contributed by atoms with E-state index in [0.29, 0.717) is 18.0 Å². The zero-order valence-electron chi connectivity index (χ0n) is 20.7. The molecule has 2 aromatic carbocycles. The van der Waals surface area contributed by atoms with E-state index in [9.17, 15) is 0 Å². The number of anilines is 4. The Morgan fingerprint density at radius 2 is 2.03 bits per heavy atom. The van der Waals surface area contributed by atoms with E-state index in [2.05, 4.69) is 68.2 Å². The van der Waals surface area contributed by atoms with Gasteiger partial charge in [0.25, 0.3) is 0 Å². The summed E-state index contributed by atoms with van der Waals surface area (Å²) in [5, 5.41) is 3.31. The molecule has 0 spiro atoms. The van der Waals surface area contributed by atoms with Crippen LogP contribution in [-0.2, 0) is 13.1 Å². The Labute approximate surface area is 211 Å². The van der Waals surface area contributed by atoms with Crippen LogP contribution in [0.2, 0.25) is 0 Å². The summed E-state index contributed by atoms with van der Waals surface area (Å²) in [4.78, 5) is 14.4. The summed E-state index contributed by atoms with van der Waals surface area (Å²) >= 11 is 0. The number of hydrogen-bond acceptors (Lipinski definition) is 9. The molecule has 9 heteroatoms. The first kappa shape index (κ1) is 22.6. The molecule has 0 aliphatic carbocycles. The molecule has 0 unspecified atom stereocenters. The first-order valence-electron chi connectivity index (χ1n) is 12.4. The SMILES string of the molecule is C=C(c1ccc2c(c1)NNN2)N1CC[C@@H](N2Cc3cnc(Nc4cccc(OC)c4)nc3C2)C[C@H]1C. The molecular weight excluding hydrogens is 452 g/mol. The molecule has 1 aromatic heterocycles. The molecule has 4 heterocycles. The third kappa shape index (κ3) is 4.31. The highest BCUT2D eigenvalue weighted by atomic mass is 16.5. The lowest BCUT2D eigenvalue weighted by Crippen LogP contribution is -2.46. The first-order chi connectivity index (χ1) is 17.6. The van der Waals surface area contributed by atoms with Crippen molar-refractivity contribution in [2.45, 2.75) is 44.9 Å². The van der Waals surface area contributed by atoms with Crippen LogP contribution in [0.4, 0.5) is 23.0 Å². The average molecular weight is 485 g/mol. The number of piperidine rings is 1. The minimum atomic E-state index is 0.411. The van der Waals surface area contributed by atoms with Crippen LogP contribution in [0.3, 0.4) is 0 Å². The molecule has 36 heavy (non-hydrogen) atoms. The maximum atomic E-state index is 5.32. The van der Waals surface area contributed by atoms with Gasteiger partial charge in [-0.1, -0.05) is 18.7 Å². The Morgan fingerprint density at radius 1 is 1.14 bits per heavy atom. The van der Waals surface area contributed by atoms with Gasteiger partial charge in [-0.25, -0.2) is 9.97 Å². The van der Waals surface area contributed by atoms with Gasteiger partial charge in [0, 0.05) is 60.9 Å². The Morgan fingerprint density at radius 3 is 2.89 bits per heavy atom. The maximum Gasteiger partial charge on any atom is 0.227 e. The van der Waals surface area contributed by atoms with E-state index < -0.39 is 0 Å². The van der Waals surface area contributed by atoms with Gasteiger partial charge in [0.2, 0.25) is 5.95 Å². The number of hydrazine groups is 2. The minimum absolute atomic E-state index is 0.411. The number of rotatable bonds is 6. The zero-order chi connectivity index (χ0) is 24.6. The fourth-order valence-electron chi connectivity index (χ4n) is 5.47. The van der Waals surface area contributed by atoms with E-state index in [1.54, 1.807) is 7.11 Å². The van der Waals surface area contributed by atoms with Crippen LogP contribution in [0, 0.1) is 0 Å². The lowest BCUT2D eigenvalue weighted by Gasteiger charge is -2.43. The fourth-order valence-corrected chi connectivity index (χ4v) is 5.47. The van der Waals surface area contributed by atoms with Crippen LogP contribution in [0.1, 0.15) is 36.6 Å². The first-order valence-corrected chi connectivity index (χ1v) is 12.4. The molecule has 0 bridgehead atoms. The van der Waals surface area contributed by atoms with Crippen LogP contribution in [0.15, 0.2) is 55.2 Å². The van der Waals surface area contributed by atoms with Crippen molar-refractivity contribution in [1.82, 2.24) is 25.3 Å². The number of nitrogens with one attached hydrogen (secondary N) is 4. The van der Waals surface area contributed by atoms with E-state index >= 15 is 0 Å². The molecule has 3 aromatic rings. The van der Waals surface area contributed by atoms with Gasteiger partial charge in [0.1, 0.15) is 5.75 Å². The molecule has 6 rings (SSSR count). The largest absolute Gasteiger partial charge is 0.497 e. The quantitative estimate of drug-likeness (QED) is 0.408. The molecule has 0 saturated carbocycles. The van der Waals surface area contributed by atoms with Gasteiger partial charge in [0.05, 0.1) is 24.2 Å². The second-order valence-electron chi connectivity index (χ2n) is 9.73. The summed E-state index contributed by atoms with van der Waals surface area (Å²) in [5.74, 6) is 1.43. The average Bonchev–Trinajstić information content (AvgIpc) is 3.54. The van der Waals surface area contributed by atoms with Gasteiger partial charge in [-0.3, -0.25) is 4.90 Å². The van der Waals surface area contributed by atoms with Crippen molar-refractivity contribution in [3.63, 3.8) is 0 Å². The van der Waals surface area contributed by atoms with Gasteiger partial charge >= 0.3 is 0 Å². The predicted octanol–water partition coefficient (Wildman–Crippen LogP) is 4.33. The van der Waals surface area contributed by atoms with Crippen molar-refractivity contribution >= 4 is 28.7 Å². The smallest absolute Gasteiger partial charge is 0.227 e. The fraction of sp³-hybridized carbons (Fsp3) is 0.333. The summed E-state index contributed by atoms with van der Waals surface area (Å²) in [6, 6.07) is 15.1. The summed E-state index contributed by atoms with van der Waals surface area (Å²) in [7, 11) is 1.67. The van der Waals surface area contributed by atoms with Gasteiger partial charge in [-0.2, -0.15) is 0 Å². The standard InChI is InChI=1S/C27H32N8O/c1-17-11-22(9-10-35(17)18(2)19-7-8-24-25(12-19)32-33-31-24)34-15-20-14-28-27(30-26(20)16-34)29-21-5-4-6-23(13-21)36-3/h4-8,12-14,17,22,31-33H,2,9-11,15-16H2,1,3H3,(H,28,29,30)/t17-,22-/m1/s1. The molecule has 186 valence electrons. The van der Waals surface area contributed by atoms with Crippen molar-refractivity contribution in [2.75, 3.05) is 29.8 Å². The number of aromatic nitrogens is 2. The van der Waals surface area contributed by atoms with Crippen molar-refractivity contribution in [1.29, 1.82) is 0 Å². The second-order valence-corrected chi connectivity index (χ2v) is 9.73. The Hall–Kier alpha value is -3.82. The van der Waals surface area contributed by atoms with Crippen molar-refractivity contribution in [2.24, 2.45) is 0 Å². The van der Waals surface area contributed by atoms with E-state index in [4.69, 9.17) is 9.72 Å². The number of ether oxygens (including phenoxy) is 1. The van der Waals surface area contributed by atoms with Crippen molar-refractivity contribution < 1.29 is 4.74 Å². The molecule has 4 N–H and O–H groups in total. The van der Waals surface area contributed by atoms with Crippen molar-refractivity contribution in [3.8, 4) is 5.75 Å². The number of likely N-dealkylation sites (tertiary alicyclic amines) is 1. The van der Waals surface area contributed by atoms with Crippen LogP contribution in [0.25, 0.3) is 5.70 Å². The Bertz CT molecular complexity index is 1290. The lowest BCUT2D eigenvalue weighted by molar-refractivity contribution is 0.102. The Kier molecular flexibility index (Phi) is 5.86. The van der Waals surface area contributed by atoms with E-state index in [0.717, 1.165) is 72.2 Å². The lowest BCUT2D eigenvalue weighted by atomic mass is 9.95. The predicted molar refractivity (Wildman–Crippen MR) is 143 cm³/mol. The van der Waals surface area contributed by atoms with Crippen LogP contribution in [-0.4, -0.2) is 45.5 Å². The maximum absolute atomic E-state index is 5.32. The summed E-state index contributed by atoms with van der Waals surface area (Å²) in [6.45, 7) is 9.52. The van der Waals surface area contributed by atoms with Gasteiger partial charge < -0.3 is 25.8 Å². The number of fused-ring (bicyclic) bond motifs is 2. The second kappa shape index (κ2) is 9.33. The van der Waals surface area contributed by atoms with Gasteiger partial charge in [0.15, 0.2) is 0 Å². The van der Waals surface area contributed by atoms with Gasteiger partial charge in [-0.05, 0) is 49.6 Å².